The maximum Gasteiger partial charge on any atom is 0.313 e. The lowest BCUT2D eigenvalue weighted by molar-refractivity contribution is -0.384. The molecule has 0 spiro atoms. The Morgan fingerprint density at radius 1 is 1.17 bits per heavy atom. The van der Waals surface area contributed by atoms with Gasteiger partial charge in [0.05, 0.1) is 18.2 Å². The summed E-state index contributed by atoms with van der Waals surface area (Å²) in [6.07, 6.45) is 2.97. The van der Waals surface area contributed by atoms with Crippen molar-refractivity contribution in [3.8, 4) is 11.5 Å². The minimum Gasteiger partial charge on any atom is -0.493 e. The van der Waals surface area contributed by atoms with Gasteiger partial charge in [0.2, 0.25) is 5.82 Å². The summed E-state index contributed by atoms with van der Waals surface area (Å²) < 4.78 is 11.3. The summed E-state index contributed by atoms with van der Waals surface area (Å²) in [5, 5.41) is 15.0. The molecule has 3 aromatic rings. The number of anilines is 1. The highest BCUT2D eigenvalue weighted by molar-refractivity contribution is 5.81. The Kier molecular flexibility index (Phi) is 6.36. The number of methoxy groups -OCH3 is 1. The molecule has 0 saturated heterocycles. The van der Waals surface area contributed by atoms with Crippen LogP contribution in [0.3, 0.4) is 0 Å². The number of hydrogen-bond donors (Lipinski definition) is 1. The Labute approximate surface area is 168 Å². The molecule has 0 bridgehead atoms. The van der Waals surface area contributed by atoms with E-state index in [0.717, 1.165) is 11.1 Å². The molecular weight excluding hydrogens is 372 g/mol. The van der Waals surface area contributed by atoms with E-state index in [0.29, 0.717) is 18.1 Å². The molecule has 8 nitrogen and oxygen atoms in total. The topological polar surface area (TPSA) is 98.9 Å². The lowest BCUT2D eigenvalue weighted by atomic mass is 10.1. The Morgan fingerprint density at radius 3 is 2.79 bits per heavy atom. The second-order valence-electron chi connectivity index (χ2n) is 6.19. The van der Waals surface area contributed by atoms with Crippen molar-refractivity contribution in [1.29, 1.82) is 0 Å². The minimum absolute atomic E-state index is 0.0684. The fourth-order valence-electron chi connectivity index (χ4n) is 2.64. The molecule has 3 rings (SSSR count). The molecule has 1 N–H and O–H groups in total. The normalized spacial score (nSPS) is 10.7. The van der Waals surface area contributed by atoms with Crippen molar-refractivity contribution in [3.05, 3.63) is 87.6 Å². The average molecular weight is 392 g/mol. The summed E-state index contributed by atoms with van der Waals surface area (Å²) in [6.45, 7) is 2.46. The molecular formula is C21H20N4O4. The van der Waals surface area contributed by atoms with E-state index in [2.05, 4.69) is 21.6 Å². The van der Waals surface area contributed by atoms with Crippen molar-refractivity contribution < 1.29 is 14.4 Å². The van der Waals surface area contributed by atoms with Crippen LogP contribution in [0.1, 0.15) is 16.7 Å². The molecule has 2 aromatic carbocycles. The molecule has 0 radical (unpaired) electrons. The van der Waals surface area contributed by atoms with Crippen molar-refractivity contribution in [2.24, 2.45) is 5.10 Å². The summed E-state index contributed by atoms with van der Waals surface area (Å²) in [5.41, 5.74) is 5.41. The molecule has 0 fully saturated rings. The molecule has 0 aliphatic heterocycles. The van der Waals surface area contributed by atoms with Gasteiger partial charge in [-0.1, -0.05) is 29.8 Å². The minimum atomic E-state index is -0.520. The van der Waals surface area contributed by atoms with Gasteiger partial charge in [0, 0.05) is 12.3 Å². The number of pyridine rings is 1. The first-order valence-electron chi connectivity index (χ1n) is 8.81. The highest BCUT2D eigenvalue weighted by atomic mass is 16.6. The van der Waals surface area contributed by atoms with Gasteiger partial charge in [0.15, 0.2) is 11.5 Å². The fraction of sp³-hybridized carbons (Fsp3) is 0.143. The summed E-state index contributed by atoms with van der Waals surface area (Å²) in [7, 11) is 1.56. The van der Waals surface area contributed by atoms with Gasteiger partial charge in [0.1, 0.15) is 6.61 Å². The number of aromatic nitrogens is 1. The van der Waals surface area contributed by atoms with E-state index in [-0.39, 0.29) is 11.5 Å². The number of hydrogen-bond acceptors (Lipinski definition) is 7. The molecule has 0 atom stereocenters. The van der Waals surface area contributed by atoms with Crippen LogP contribution in [0.2, 0.25) is 0 Å². The highest BCUT2D eigenvalue weighted by Crippen LogP contribution is 2.28. The molecule has 0 aliphatic carbocycles. The van der Waals surface area contributed by atoms with Crippen LogP contribution < -0.4 is 14.9 Å². The molecule has 1 heterocycles. The van der Waals surface area contributed by atoms with Crippen molar-refractivity contribution in [3.63, 3.8) is 0 Å². The number of rotatable bonds is 8. The molecule has 148 valence electrons. The standard InChI is InChI=1S/C21H20N4O4/c1-15-5-3-6-17(11-15)14-29-19-9-8-16(12-20(19)28-2)13-23-24-21-18(25(26)27)7-4-10-22-21/h3-13H,14H2,1-2H3,(H,22,24)/b23-13-. The van der Waals surface area contributed by atoms with Crippen LogP contribution in [0.15, 0.2) is 65.9 Å². The van der Waals surface area contributed by atoms with E-state index in [4.69, 9.17) is 9.47 Å². The fourth-order valence-corrected chi connectivity index (χ4v) is 2.64. The Morgan fingerprint density at radius 2 is 2.03 bits per heavy atom. The van der Waals surface area contributed by atoms with Crippen LogP contribution in [0.25, 0.3) is 0 Å². The molecule has 29 heavy (non-hydrogen) atoms. The number of nitrogens with zero attached hydrogens (tertiary/aromatic N) is 3. The predicted octanol–water partition coefficient (Wildman–Crippen LogP) is 4.33. The second-order valence-corrected chi connectivity index (χ2v) is 6.19. The smallest absolute Gasteiger partial charge is 0.313 e. The average Bonchev–Trinajstić information content (AvgIpc) is 2.73. The van der Waals surface area contributed by atoms with Crippen LogP contribution in [0, 0.1) is 17.0 Å². The lowest BCUT2D eigenvalue weighted by Gasteiger charge is -2.11. The van der Waals surface area contributed by atoms with Crippen molar-refractivity contribution in [2.75, 3.05) is 12.5 Å². The van der Waals surface area contributed by atoms with Crippen molar-refractivity contribution >= 4 is 17.7 Å². The van der Waals surface area contributed by atoms with Gasteiger partial charge in [-0.05, 0) is 42.3 Å². The van der Waals surface area contributed by atoms with E-state index in [1.54, 1.807) is 19.2 Å². The first-order valence-corrected chi connectivity index (χ1v) is 8.81. The maximum atomic E-state index is 11.0. The molecule has 8 heteroatoms. The molecule has 0 saturated carbocycles. The Hall–Kier alpha value is -3.94. The Bertz CT molecular complexity index is 1040. The van der Waals surface area contributed by atoms with E-state index in [1.165, 1.54) is 30.1 Å². The third-order valence-electron chi connectivity index (χ3n) is 4.03. The third kappa shape index (κ3) is 5.29. The zero-order valence-corrected chi connectivity index (χ0v) is 16.0. The third-order valence-corrected chi connectivity index (χ3v) is 4.03. The van der Waals surface area contributed by atoms with Gasteiger partial charge in [-0.2, -0.15) is 5.10 Å². The molecule has 0 unspecified atom stereocenters. The van der Waals surface area contributed by atoms with Crippen LogP contribution >= 0.6 is 0 Å². The van der Waals surface area contributed by atoms with Gasteiger partial charge in [-0.15, -0.1) is 0 Å². The summed E-state index contributed by atoms with van der Waals surface area (Å²) in [4.78, 5) is 14.4. The van der Waals surface area contributed by atoms with Gasteiger partial charge in [0.25, 0.3) is 0 Å². The van der Waals surface area contributed by atoms with E-state index in [1.807, 2.05) is 31.2 Å². The first kappa shape index (κ1) is 19.8. The maximum absolute atomic E-state index is 11.0. The monoisotopic (exact) mass is 392 g/mol. The van der Waals surface area contributed by atoms with Crippen LogP contribution in [-0.2, 0) is 6.61 Å². The molecule has 1 aromatic heterocycles. The second kappa shape index (κ2) is 9.32. The summed E-state index contributed by atoms with van der Waals surface area (Å²) in [6, 6.07) is 16.3. The van der Waals surface area contributed by atoms with Crippen LogP contribution in [0.4, 0.5) is 11.5 Å². The SMILES string of the molecule is COc1cc(/C=N\Nc2ncccc2[N+](=O)[O-])ccc1OCc1cccc(C)c1. The first-order chi connectivity index (χ1) is 14.1. The number of benzene rings is 2. The lowest BCUT2D eigenvalue weighted by Crippen LogP contribution is -2.00. The summed E-state index contributed by atoms with van der Waals surface area (Å²) in [5.74, 6) is 1.24. The van der Waals surface area contributed by atoms with E-state index >= 15 is 0 Å². The van der Waals surface area contributed by atoms with Crippen molar-refractivity contribution in [1.82, 2.24) is 4.98 Å². The van der Waals surface area contributed by atoms with E-state index < -0.39 is 4.92 Å². The van der Waals surface area contributed by atoms with Crippen LogP contribution in [0.5, 0.6) is 11.5 Å². The Balaban J connectivity index is 1.68. The number of nitrogens with one attached hydrogen (secondary N) is 1. The zero-order chi connectivity index (χ0) is 20.6. The van der Waals surface area contributed by atoms with Gasteiger partial charge < -0.3 is 9.47 Å². The number of hydrazone groups is 1. The van der Waals surface area contributed by atoms with E-state index in [9.17, 15) is 10.1 Å². The van der Waals surface area contributed by atoms with Gasteiger partial charge in [-0.3, -0.25) is 15.5 Å². The largest absolute Gasteiger partial charge is 0.493 e. The predicted molar refractivity (Wildman–Crippen MR) is 111 cm³/mol. The summed E-state index contributed by atoms with van der Waals surface area (Å²) >= 11 is 0. The van der Waals surface area contributed by atoms with Crippen LogP contribution in [-0.4, -0.2) is 23.2 Å². The van der Waals surface area contributed by atoms with Crippen molar-refractivity contribution in [2.45, 2.75) is 13.5 Å². The quantitative estimate of drug-likeness (QED) is 0.348. The number of aryl methyl sites for hydroxylation is 1. The van der Waals surface area contributed by atoms with Gasteiger partial charge in [-0.25, -0.2) is 4.98 Å². The number of ether oxygens (including phenoxy) is 2. The molecule has 0 aliphatic rings. The number of nitro groups is 1. The van der Waals surface area contributed by atoms with Gasteiger partial charge >= 0.3 is 5.69 Å². The molecule has 0 amide bonds. The zero-order valence-electron chi connectivity index (χ0n) is 16.0. The highest BCUT2D eigenvalue weighted by Gasteiger charge is 2.13.